The lowest BCUT2D eigenvalue weighted by Crippen LogP contribution is -2.51. The summed E-state index contributed by atoms with van der Waals surface area (Å²) in [5, 5.41) is 6.23. The number of rotatable bonds is 9. The van der Waals surface area contributed by atoms with Crippen molar-refractivity contribution in [2.75, 3.05) is 0 Å². The van der Waals surface area contributed by atoms with Crippen molar-refractivity contribution in [2.24, 2.45) is 0 Å². The Morgan fingerprint density at radius 2 is 0.950 bits per heavy atom. The number of carbonyl (C=O) groups is 2. The van der Waals surface area contributed by atoms with Crippen molar-refractivity contribution in [1.82, 2.24) is 10.6 Å². The third kappa shape index (κ3) is 5.51. The summed E-state index contributed by atoms with van der Waals surface area (Å²) in [7, 11) is 0. The Kier molecular flexibility index (Phi) is 7.84. The van der Waals surface area contributed by atoms with E-state index in [0.717, 1.165) is 38.5 Å². The van der Waals surface area contributed by atoms with E-state index in [1.807, 2.05) is 0 Å². The second-order valence-corrected chi connectivity index (χ2v) is 5.84. The molecule has 0 aliphatic heterocycles. The van der Waals surface area contributed by atoms with Crippen molar-refractivity contribution < 1.29 is 9.59 Å². The second-order valence-electron chi connectivity index (χ2n) is 5.84. The smallest absolute Gasteiger partial charge is 0.217 e. The Balaban J connectivity index is 4.95. The molecule has 4 nitrogen and oxygen atoms in total. The Bertz CT molecular complexity index is 286. The van der Waals surface area contributed by atoms with E-state index in [0.29, 0.717) is 0 Å². The van der Waals surface area contributed by atoms with Crippen LogP contribution in [0.2, 0.25) is 0 Å². The van der Waals surface area contributed by atoms with Gasteiger partial charge in [0.1, 0.15) is 0 Å². The predicted molar refractivity (Wildman–Crippen MR) is 83.5 cm³/mol. The van der Waals surface area contributed by atoms with Gasteiger partial charge < -0.3 is 10.6 Å². The van der Waals surface area contributed by atoms with Crippen LogP contribution in [0.1, 0.15) is 80.1 Å². The first-order chi connectivity index (χ1) is 9.28. The molecule has 0 atom stereocenters. The third-order valence-electron chi connectivity index (χ3n) is 4.67. The van der Waals surface area contributed by atoms with Crippen LogP contribution >= 0.6 is 0 Å². The fourth-order valence-corrected chi connectivity index (χ4v) is 2.91. The summed E-state index contributed by atoms with van der Waals surface area (Å²) in [6, 6.07) is 0. The van der Waals surface area contributed by atoms with Crippen LogP contribution in [0.5, 0.6) is 0 Å². The van der Waals surface area contributed by atoms with Gasteiger partial charge in [0.15, 0.2) is 0 Å². The molecule has 20 heavy (non-hydrogen) atoms. The van der Waals surface area contributed by atoms with Crippen molar-refractivity contribution in [3.05, 3.63) is 0 Å². The average molecular weight is 284 g/mol. The first kappa shape index (κ1) is 18.9. The number of carbonyl (C=O) groups excluding carboxylic acids is 2. The summed E-state index contributed by atoms with van der Waals surface area (Å²) in [5.41, 5.74) is -0.306. The SMILES string of the molecule is CCC(CC)(CCC(CC)(CC)NC(C)=O)NC(C)=O. The molecule has 0 aromatic carbocycles. The topological polar surface area (TPSA) is 58.2 Å². The summed E-state index contributed by atoms with van der Waals surface area (Å²) in [5.74, 6) is 0.0404. The number of amides is 2. The Morgan fingerprint density at radius 1 is 0.700 bits per heavy atom. The van der Waals surface area contributed by atoms with Crippen LogP contribution in [0.25, 0.3) is 0 Å². The van der Waals surface area contributed by atoms with E-state index in [9.17, 15) is 9.59 Å². The predicted octanol–water partition coefficient (Wildman–Crippen LogP) is 3.16. The molecular formula is C16H32N2O2. The molecule has 0 spiro atoms. The normalized spacial score (nSPS) is 12.1. The molecule has 0 heterocycles. The largest absolute Gasteiger partial charge is 0.351 e. The molecule has 0 saturated heterocycles. The van der Waals surface area contributed by atoms with Gasteiger partial charge in [-0.25, -0.2) is 0 Å². The fraction of sp³-hybridized carbons (Fsp3) is 0.875. The monoisotopic (exact) mass is 284 g/mol. The van der Waals surface area contributed by atoms with Crippen LogP contribution in [0.15, 0.2) is 0 Å². The van der Waals surface area contributed by atoms with Gasteiger partial charge in [0.2, 0.25) is 11.8 Å². The summed E-state index contributed by atoms with van der Waals surface area (Å²) in [4.78, 5) is 22.9. The van der Waals surface area contributed by atoms with Crippen LogP contribution in [-0.4, -0.2) is 22.9 Å². The average Bonchev–Trinajstić information content (AvgIpc) is 2.41. The highest BCUT2D eigenvalue weighted by Gasteiger charge is 2.33. The molecule has 0 aromatic heterocycles. The maximum Gasteiger partial charge on any atom is 0.217 e. The van der Waals surface area contributed by atoms with E-state index in [-0.39, 0.29) is 22.9 Å². The molecule has 0 radical (unpaired) electrons. The molecule has 0 fully saturated rings. The van der Waals surface area contributed by atoms with E-state index in [2.05, 4.69) is 38.3 Å². The number of hydrogen-bond donors (Lipinski definition) is 2. The molecule has 0 aliphatic rings. The van der Waals surface area contributed by atoms with Crippen LogP contribution in [0, 0.1) is 0 Å². The number of nitrogens with one attached hydrogen (secondary N) is 2. The first-order valence-corrected chi connectivity index (χ1v) is 7.86. The van der Waals surface area contributed by atoms with Crippen molar-refractivity contribution in [3.63, 3.8) is 0 Å². The summed E-state index contributed by atoms with van der Waals surface area (Å²) in [6.07, 6.45) is 5.42. The molecule has 2 amide bonds. The van der Waals surface area contributed by atoms with Gasteiger partial charge in [-0.1, -0.05) is 27.7 Å². The highest BCUT2D eigenvalue weighted by Crippen LogP contribution is 2.29. The lowest BCUT2D eigenvalue weighted by molar-refractivity contribution is -0.122. The van der Waals surface area contributed by atoms with Gasteiger partial charge in [-0.3, -0.25) is 9.59 Å². The molecule has 0 bridgehead atoms. The van der Waals surface area contributed by atoms with E-state index < -0.39 is 0 Å². The van der Waals surface area contributed by atoms with Crippen molar-refractivity contribution >= 4 is 11.8 Å². The van der Waals surface area contributed by atoms with Gasteiger partial charge in [0, 0.05) is 24.9 Å². The molecular weight excluding hydrogens is 252 g/mol. The van der Waals surface area contributed by atoms with Gasteiger partial charge in [-0.2, -0.15) is 0 Å². The Morgan fingerprint density at radius 3 is 1.10 bits per heavy atom. The molecule has 0 unspecified atom stereocenters. The van der Waals surface area contributed by atoms with Crippen molar-refractivity contribution in [3.8, 4) is 0 Å². The maximum atomic E-state index is 11.4. The van der Waals surface area contributed by atoms with E-state index >= 15 is 0 Å². The summed E-state index contributed by atoms with van der Waals surface area (Å²) in [6.45, 7) is 11.6. The lowest BCUT2D eigenvalue weighted by Gasteiger charge is -2.39. The van der Waals surface area contributed by atoms with E-state index in [1.165, 1.54) is 0 Å². The second kappa shape index (κ2) is 8.28. The molecule has 4 heteroatoms. The molecule has 0 aliphatic carbocycles. The zero-order chi connectivity index (χ0) is 15.8. The number of hydrogen-bond acceptors (Lipinski definition) is 2. The van der Waals surface area contributed by atoms with E-state index in [4.69, 9.17) is 0 Å². The van der Waals surface area contributed by atoms with Gasteiger partial charge in [-0.05, 0) is 38.5 Å². The first-order valence-electron chi connectivity index (χ1n) is 7.86. The van der Waals surface area contributed by atoms with Crippen LogP contribution in [0.3, 0.4) is 0 Å². The zero-order valence-corrected chi connectivity index (χ0v) is 14.1. The van der Waals surface area contributed by atoms with Gasteiger partial charge >= 0.3 is 0 Å². The lowest BCUT2D eigenvalue weighted by atomic mass is 9.79. The van der Waals surface area contributed by atoms with Crippen molar-refractivity contribution in [1.29, 1.82) is 0 Å². The van der Waals surface area contributed by atoms with Gasteiger partial charge in [0.05, 0.1) is 0 Å². The molecule has 118 valence electrons. The van der Waals surface area contributed by atoms with Crippen LogP contribution in [-0.2, 0) is 9.59 Å². The highest BCUT2D eigenvalue weighted by atomic mass is 16.2. The van der Waals surface area contributed by atoms with Crippen LogP contribution < -0.4 is 10.6 Å². The summed E-state index contributed by atoms with van der Waals surface area (Å²) >= 11 is 0. The Hall–Kier alpha value is -1.06. The molecule has 2 N–H and O–H groups in total. The minimum atomic E-state index is -0.153. The Labute approximate surface area is 124 Å². The van der Waals surface area contributed by atoms with E-state index in [1.54, 1.807) is 13.8 Å². The van der Waals surface area contributed by atoms with Gasteiger partial charge in [-0.15, -0.1) is 0 Å². The minimum Gasteiger partial charge on any atom is -0.351 e. The summed E-state index contributed by atoms with van der Waals surface area (Å²) < 4.78 is 0. The highest BCUT2D eigenvalue weighted by molar-refractivity contribution is 5.74. The third-order valence-corrected chi connectivity index (χ3v) is 4.67. The molecule has 0 saturated carbocycles. The molecule has 0 rings (SSSR count). The zero-order valence-electron chi connectivity index (χ0n) is 14.1. The van der Waals surface area contributed by atoms with Gasteiger partial charge in [0.25, 0.3) is 0 Å². The standard InChI is InChI=1S/C16H32N2O2/c1-7-15(8-2,17-13(5)19)11-12-16(9-3,10-4)18-14(6)20/h7-12H2,1-6H3,(H,17,19)(H,18,20). The van der Waals surface area contributed by atoms with Crippen molar-refractivity contribution in [2.45, 2.75) is 91.1 Å². The maximum absolute atomic E-state index is 11.4. The fourth-order valence-electron chi connectivity index (χ4n) is 2.91. The quantitative estimate of drug-likeness (QED) is 0.683. The molecule has 0 aromatic rings. The van der Waals surface area contributed by atoms with Crippen LogP contribution in [0.4, 0.5) is 0 Å². The minimum absolute atomic E-state index is 0.0202.